The number of nitrogens with one attached hydrogen (secondary N) is 2. The quantitative estimate of drug-likeness (QED) is 0.467. The largest absolute Gasteiger partial charge is 0.448 e. The van der Waals surface area contributed by atoms with Crippen LogP contribution in [-0.2, 0) is 14.8 Å². The predicted octanol–water partition coefficient (Wildman–Crippen LogP) is 2.57. The Balaban J connectivity index is 2.06. The molecule has 3 N–H and O–H groups in total. The summed E-state index contributed by atoms with van der Waals surface area (Å²) in [6, 6.07) is 4.17. The Kier molecular flexibility index (Phi) is 8.19. The van der Waals surface area contributed by atoms with Gasteiger partial charge >= 0.3 is 13.1 Å². The number of carbonyl (C=O) groups excluding carboxylic acids is 1. The van der Waals surface area contributed by atoms with Crippen molar-refractivity contribution in [3.05, 3.63) is 27.1 Å². The number of amides is 1. The molecular weight excluding hydrogens is 529 g/mol. The molecule has 12 heteroatoms. The summed E-state index contributed by atoms with van der Waals surface area (Å²) in [6.45, 7) is 7.48. The number of ether oxygens (including phenoxy) is 1. The molecular formula is C17H26BBr2N3O5S. The summed E-state index contributed by atoms with van der Waals surface area (Å²) >= 11 is 6.56. The highest BCUT2D eigenvalue weighted by Gasteiger charge is 2.39. The van der Waals surface area contributed by atoms with Gasteiger partial charge in [-0.25, -0.2) is 17.9 Å². The van der Waals surface area contributed by atoms with Crippen LogP contribution in [0.3, 0.4) is 0 Å². The molecule has 2 rings (SSSR count). The van der Waals surface area contributed by atoms with Gasteiger partial charge in [0.2, 0.25) is 10.0 Å². The smallest absolute Gasteiger partial charge is 0.407 e. The number of hydrogen-bond donors (Lipinski definition) is 3. The second-order valence-corrected chi connectivity index (χ2v) is 11.5. The first-order valence-corrected chi connectivity index (χ1v) is 12.2. The van der Waals surface area contributed by atoms with E-state index in [0.29, 0.717) is 21.9 Å². The molecule has 0 radical (unpaired) electrons. The van der Waals surface area contributed by atoms with Crippen molar-refractivity contribution >= 4 is 55.0 Å². The summed E-state index contributed by atoms with van der Waals surface area (Å²) in [5, 5.41) is 12.8. The van der Waals surface area contributed by atoms with Gasteiger partial charge in [0.05, 0.1) is 4.90 Å². The van der Waals surface area contributed by atoms with Gasteiger partial charge in [0.1, 0.15) is 6.61 Å². The molecule has 0 aromatic heterocycles. The Morgan fingerprint density at radius 2 is 2.03 bits per heavy atom. The number of halogens is 2. The van der Waals surface area contributed by atoms with Gasteiger partial charge in [0.25, 0.3) is 0 Å². The van der Waals surface area contributed by atoms with Gasteiger partial charge in [-0.15, -0.1) is 0 Å². The van der Waals surface area contributed by atoms with Crippen LogP contribution in [0.2, 0.25) is 6.82 Å². The minimum absolute atomic E-state index is 0.0472. The molecule has 8 nitrogen and oxygen atoms in total. The highest BCUT2D eigenvalue weighted by atomic mass is 79.9. The van der Waals surface area contributed by atoms with Crippen LogP contribution in [0.1, 0.15) is 27.2 Å². The molecule has 1 amide bonds. The molecule has 0 bridgehead atoms. The number of carbonyl (C=O) groups is 1. The van der Waals surface area contributed by atoms with Crippen LogP contribution in [0, 0.1) is 0 Å². The Bertz CT molecular complexity index is 848. The van der Waals surface area contributed by atoms with E-state index in [0.717, 1.165) is 0 Å². The van der Waals surface area contributed by atoms with E-state index < -0.39 is 34.7 Å². The highest BCUT2D eigenvalue weighted by Crippen LogP contribution is 2.27. The first-order valence-electron chi connectivity index (χ1n) is 9.14. The van der Waals surface area contributed by atoms with Gasteiger partial charge in [-0.1, -0.05) is 15.9 Å². The van der Waals surface area contributed by atoms with Crippen molar-refractivity contribution < 1.29 is 23.0 Å². The molecule has 1 aromatic rings. The second-order valence-electron chi connectivity index (χ2n) is 8.08. The van der Waals surface area contributed by atoms with Gasteiger partial charge in [0, 0.05) is 33.1 Å². The maximum Gasteiger partial charge on any atom is 0.407 e. The first-order chi connectivity index (χ1) is 13.3. The van der Waals surface area contributed by atoms with Gasteiger partial charge in [0.15, 0.2) is 0 Å². The van der Waals surface area contributed by atoms with Gasteiger partial charge in [-0.05, 0) is 68.1 Å². The fraction of sp³-hybridized carbons (Fsp3) is 0.588. The molecule has 1 aliphatic rings. The lowest BCUT2D eigenvalue weighted by atomic mass is 9.84. The third-order valence-electron chi connectivity index (χ3n) is 4.33. The van der Waals surface area contributed by atoms with Crippen LogP contribution >= 0.6 is 31.9 Å². The van der Waals surface area contributed by atoms with Crippen molar-refractivity contribution in [1.29, 1.82) is 0 Å². The minimum Gasteiger partial charge on any atom is -0.448 e. The Labute approximate surface area is 189 Å². The number of rotatable bonds is 6. The molecule has 1 aliphatic heterocycles. The van der Waals surface area contributed by atoms with Crippen LogP contribution < -0.4 is 10.0 Å². The van der Waals surface area contributed by atoms with E-state index >= 15 is 0 Å². The normalized spacial score (nSPS) is 20.5. The number of benzene rings is 1. The lowest BCUT2D eigenvalue weighted by Gasteiger charge is -2.26. The van der Waals surface area contributed by atoms with E-state index in [2.05, 4.69) is 41.9 Å². The fourth-order valence-electron chi connectivity index (χ4n) is 3.13. The number of alkyl carbamates (subject to hydrolysis) is 1. The van der Waals surface area contributed by atoms with E-state index in [1.165, 1.54) is 6.07 Å². The zero-order chi connectivity index (χ0) is 22.0. The fourth-order valence-corrected chi connectivity index (χ4v) is 5.87. The average Bonchev–Trinajstić information content (AvgIpc) is 2.96. The summed E-state index contributed by atoms with van der Waals surface area (Å²) in [4.78, 5) is 13.8. The number of hydrogen-bond acceptors (Lipinski definition) is 6. The molecule has 1 fully saturated rings. The Morgan fingerprint density at radius 3 is 2.62 bits per heavy atom. The molecule has 1 aromatic carbocycles. The lowest BCUT2D eigenvalue weighted by molar-refractivity contribution is 0.115. The monoisotopic (exact) mass is 553 g/mol. The van der Waals surface area contributed by atoms with E-state index in [9.17, 15) is 18.2 Å². The topological polar surface area (TPSA) is 108 Å². The lowest BCUT2D eigenvalue weighted by Crippen LogP contribution is -2.46. The Hall–Kier alpha value is -0.655. The molecule has 0 spiro atoms. The van der Waals surface area contributed by atoms with Crippen molar-refractivity contribution in [2.75, 3.05) is 13.2 Å². The maximum atomic E-state index is 12.8. The summed E-state index contributed by atoms with van der Waals surface area (Å²) in [7, 11) is -4.58. The van der Waals surface area contributed by atoms with Crippen molar-refractivity contribution in [2.24, 2.45) is 0 Å². The first kappa shape index (κ1) is 24.6. The third-order valence-corrected chi connectivity index (χ3v) is 7.33. The number of sulfonamides is 1. The van der Waals surface area contributed by atoms with Gasteiger partial charge < -0.3 is 19.9 Å². The van der Waals surface area contributed by atoms with Crippen molar-refractivity contribution in [2.45, 2.75) is 56.5 Å². The number of nitrogens with zero attached hydrogens (tertiary/aromatic N) is 1. The minimum atomic E-state index is -3.78. The van der Waals surface area contributed by atoms with Crippen LogP contribution in [0.25, 0.3) is 0 Å². The Morgan fingerprint density at radius 1 is 1.38 bits per heavy atom. The van der Waals surface area contributed by atoms with Crippen molar-refractivity contribution in [3.8, 4) is 0 Å². The average molecular weight is 555 g/mol. The van der Waals surface area contributed by atoms with Gasteiger partial charge in [-0.2, -0.15) is 0 Å². The van der Waals surface area contributed by atoms with Crippen LogP contribution in [0.5, 0.6) is 0 Å². The maximum absolute atomic E-state index is 12.8. The molecule has 1 saturated heterocycles. The molecule has 0 unspecified atom stereocenters. The second kappa shape index (κ2) is 9.65. The van der Waals surface area contributed by atoms with E-state index in [-0.39, 0.29) is 17.5 Å². The van der Waals surface area contributed by atoms with E-state index in [1.54, 1.807) is 23.8 Å². The molecule has 0 aliphatic carbocycles. The van der Waals surface area contributed by atoms with Crippen LogP contribution in [0.15, 0.2) is 32.0 Å². The molecule has 29 heavy (non-hydrogen) atoms. The highest BCUT2D eigenvalue weighted by molar-refractivity contribution is 9.11. The van der Waals surface area contributed by atoms with Crippen LogP contribution in [0.4, 0.5) is 4.79 Å². The predicted molar refractivity (Wildman–Crippen MR) is 119 cm³/mol. The zero-order valence-corrected chi connectivity index (χ0v) is 20.8. The summed E-state index contributed by atoms with van der Waals surface area (Å²) in [6.07, 6.45) is -0.149. The van der Waals surface area contributed by atoms with Crippen molar-refractivity contribution in [3.63, 3.8) is 0 Å². The molecule has 2 atom stereocenters. The SMILES string of the molecule is CB(O)N1C[C@H](NS(=O)(=O)c2cc(Br)ccc2Br)C[C@@H]1COC(=O)NC(C)(C)C. The standard InChI is InChI=1S/C17H26BBr2N3O5S/c1-17(2,3)21-16(24)28-10-13-8-12(9-23(13)18(4)25)22-29(26,27)15-7-11(19)5-6-14(15)20/h5-7,12-13,22,25H,8-10H2,1-4H3,(H,21,24)/t12-,13-/m1/s1. The molecule has 162 valence electrons. The van der Waals surface area contributed by atoms with Crippen LogP contribution in [-0.4, -0.2) is 62.2 Å². The summed E-state index contributed by atoms with van der Waals surface area (Å²) in [5.41, 5.74) is -0.424. The summed E-state index contributed by atoms with van der Waals surface area (Å²) in [5.74, 6) is 0. The van der Waals surface area contributed by atoms with Crippen molar-refractivity contribution in [1.82, 2.24) is 14.8 Å². The zero-order valence-electron chi connectivity index (χ0n) is 16.8. The summed E-state index contributed by atoms with van der Waals surface area (Å²) < 4.78 is 34.7. The molecule has 0 saturated carbocycles. The molecule has 1 heterocycles. The third kappa shape index (κ3) is 7.21. The van der Waals surface area contributed by atoms with E-state index in [4.69, 9.17) is 4.74 Å². The van der Waals surface area contributed by atoms with E-state index in [1.807, 2.05) is 20.8 Å². The van der Waals surface area contributed by atoms with Gasteiger partial charge in [-0.3, -0.25) is 0 Å².